The smallest absolute Gasteiger partial charge is 0.163 e. The predicted octanol–water partition coefficient (Wildman–Crippen LogP) is 3.23. The number of carbonyl (C=O) groups is 1. The van der Waals surface area contributed by atoms with Crippen LogP contribution in [0.1, 0.15) is 29.6 Å². The Balaban J connectivity index is 1.99. The Labute approximate surface area is 96.2 Å². The van der Waals surface area contributed by atoms with Gasteiger partial charge in [-0.3, -0.25) is 4.79 Å². The fraction of sp³-hybridized carbons (Fsp3) is 0.267. The molecule has 1 nitrogen and oxygen atoms in total. The van der Waals surface area contributed by atoms with E-state index in [1.54, 1.807) is 0 Å². The average Bonchev–Trinajstić information content (AvgIpc) is 2.59. The Bertz CT molecular complexity index is 445. The van der Waals surface area contributed by atoms with Gasteiger partial charge in [-0.2, -0.15) is 0 Å². The molecule has 0 radical (unpaired) electrons. The number of ketones is 1. The molecule has 1 aliphatic rings. The number of hydrogen-bond acceptors (Lipinski definition) is 1. The summed E-state index contributed by atoms with van der Waals surface area (Å²) in [5.74, 6) is 6.54. The molecule has 0 spiro atoms. The molecule has 1 atom stereocenters. The summed E-state index contributed by atoms with van der Waals surface area (Å²) < 4.78 is 0. The lowest BCUT2D eigenvalue weighted by molar-refractivity contribution is 0.0968. The summed E-state index contributed by atoms with van der Waals surface area (Å²) >= 11 is 0. The maximum Gasteiger partial charge on any atom is 0.163 e. The zero-order valence-electron chi connectivity index (χ0n) is 9.15. The number of hydrogen-bond donors (Lipinski definition) is 0. The van der Waals surface area contributed by atoms with Crippen LogP contribution in [0.4, 0.5) is 0 Å². The third-order valence-electron chi connectivity index (χ3n) is 2.74. The van der Waals surface area contributed by atoms with Crippen LogP contribution >= 0.6 is 0 Å². The van der Waals surface area contributed by atoms with Gasteiger partial charge in [-0.25, -0.2) is 0 Å². The summed E-state index contributed by atoms with van der Waals surface area (Å²) in [4.78, 5) is 12.0. The van der Waals surface area contributed by atoms with Crippen molar-refractivity contribution in [2.24, 2.45) is 5.92 Å². The summed E-state index contributed by atoms with van der Waals surface area (Å²) in [6, 6.07) is 9.48. The van der Waals surface area contributed by atoms with E-state index < -0.39 is 0 Å². The van der Waals surface area contributed by atoms with Gasteiger partial charge in [0, 0.05) is 18.4 Å². The number of allylic oxidation sites excluding steroid dienone is 2. The second-order valence-electron chi connectivity index (χ2n) is 3.97. The van der Waals surface area contributed by atoms with E-state index in [1.807, 2.05) is 36.4 Å². The topological polar surface area (TPSA) is 17.1 Å². The molecular formula is C15H14O. The van der Waals surface area contributed by atoms with E-state index in [0.717, 1.165) is 18.4 Å². The molecule has 1 aromatic rings. The van der Waals surface area contributed by atoms with E-state index in [0.29, 0.717) is 12.3 Å². The summed E-state index contributed by atoms with van der Waals surface area (Å²) in [5, 5.41) is 0. The second-order valence-corrected chi connectivity index (χ2v) is 3.97. The van der Waals surface area contributed by atoms with Crippen LogP contribution in [0.3, 0.4) is 0 Å². The van der Waals surface area contributed by atoms with E-state index in [1.165, 1.54) is 0 Å². The first kappa shape index (κ1) is 10.7. The van der Waals surface area contributed by atoms with Gasteiger partial charge in [0.15, 0.2) is 5.78 Å². The van der Waals surface area contributed by atoms with Crippen LogP contribution in [0, 0.1) is 17.8 Å². The molecule has 2 rings (SSSR count). The lowest BCUT2D eigenvalue weighted by atomic mass is 9.94. The fourth-order valence-electron chi connectivity index (χ4n) is 1.82. The molecule has 0 aromatic heterocycles. The molecule has 80 valence electrons. The van der Waals surface area contributed by atoms with Crippen molar-refractivity contribution in [3.05, 3.63) is 48.0 Å². The summed E-state index contributed by atoms with van der Waals surface area (Å²) in [6.45, 7) is 0. The highest BCUT2D eigenvalue weighted by atomic mass is 16.1. The van der Waals surface area contributed by atoms with E-state index in [4.69, 9.17) is 0 Å². The quantitative estimate of drug-likeness (QED) is 0.553. The molecule has 1 unspecified atom stereocenters. The van der Waals surface area contributed by atoms with Gasteiger partial charge in [0.05, 0.1) is 0 Å². The fourth-order valence-corrected chi connectivity index (χ4v) is 1.82. The number of rotatable bonds is 3. The standard InChI is InChI=1S/C15H14O/c16-15(14-10-6-3-7-11-14)12-13-8-4-1-2-5-9-13/h3-4,6-8,10-11,13H,5,9,12H2. The molecule has 0 heterocycles. The second kappa shape index (κ2) is 5.32. The first-order valence-electron chi connectivity index (χ1n) is 5.59. The van der Waals surface area contributed by atoms with Gasteiger partial charge < -0.3 is 0 Å². The van der Waals surface area contributed by atoms with Crippen LogP contribution in [0.15, 0.2) is 42.5 Å². The molecule has 0 aliphatic heterocycles. The lowest BCUT2D eigenvalue weighted by Crippen LogP contribution is -2.06. The summed E-state index contributed by atoms with van der Waals surface area (Å²) in [6.07, 6.45) is 6.39. The molecular weight excluding hydrogens is 196 g/mol. The lowest BCUT2D eigenvalue weighted by Gasteiger charge is -2.09. The van der Waals surface area contributed by atoms with Crippen LogP contribution in [-0.4, -0.2) is 5.78 Å². The van der Waals surface area contributed by atoms with Gasteiger partial charge in [0.1, 0.15) is 0 Å². The zero-order valence-corrected chi connectivity index (χ0v) is 9.15. The van der Waals surface area contributed by atoms with Crippen molar-refractivity contribution in [2.45, 2.75) is 19.3 Å². The normalized spacial score (nSPS) is 18.4. The van der Waals surface area contributed by atoms with Gasteiger partial charge in [-0.15, -0.1) is 0 Å². The van der Waals surface area contributed by atoms with E-state index >= 15 is 0 Å². The highest BCUT2D eigenvalue weighted by Crippen LogP contribution is 2.17. The van der Waals surface area contributed by atoms with Crippen molar-refractivity contribution in [1.29, 1.82) is 0 Å². The van der Waals surface area contributed by atoms with Gasteiger partial charge in [0.2, 0.25) is 0 Å². The van der Waals surface area contributed by atoms with E-state index in [2.05, 4.69) is 17.9 Å². The minimum absolute atomic E-state index is 0.220. The SMILES string of the molecule is O=C(CC1C=CC#CCC1)c1ccccc1. The highest BCUT2D eigenvalue weighted by Gasteiger charge is 2.12. The Morgan fingerprint density at radius 3 is 2.94 bits per heavy atom. The highest BCUT2D eigenvalue weighted by molar-refractivity contribution is 5.96. The van der Waals surface area contributed by atoms with Gasteiger partial charge in [-0.1, -0.05) is 48.2 Å². The maximum atomic E-state index is 12.0. The minimum atomic E-state index is 0.220. The molecule has 1 aromatic carbocycles. The van der Waals surface area contributed by atoms with Crippen LogP contribution in [0.5, 0.6) is 0 Å². The molecule has 0 bridgehead atoms. The Morgan fingerprint density at radius 1 is 1.31 bits per heavy atom. The first-order valence-corrected chi connectivity index (χ1v) is 5.59. The van der Waals surface area contributed by atoms with Crippen LogP contribution in [0.2, 0.25) is 0 Å². The molecule has 1 aliphatic carbocycles. The van der Waals surface area contributed by atoms with Crippen molar-refractivity contribution in [2.75, 3.05) is 0 Å². The number of Topliss-reactive ketones (excluding diaryl/α,β-unsaturated/α-hetero) is 1. The van der Waals surface area contributed by atoms with Gasteiger partial charge >= 0.3 is 0 Å². The Morgan fingerprint density at radius 2 is 2.12 bits per heavy atom. The molecule has 0 fully saturated rings. The van der Waals surface area contributed by atoms with Crippen molar-refractivity contribution in [1.82, 2.24) is 0 Å². The first-order chi connectivity index (χ1) is 7.86. The Hall–Kier alpha value is -1.81. The van der Waals surface area contributed by atoms with Crippen molar-refractivity contribution < 1.29 is 4.79 Å². The molecule has 1 heteroatoms. The Kier molecular flexibility index (Phi) is 3.56. The number of benzene rings is 1. The van der Waals surface area contributed by atoms with Gasteiger partial charge in [0.25, 0.3) is 0 Å². The van der Waals surface area contributed by atoms with Crippen molar-refractivity contribution in [3.8, 4) is 11.8 Å². The third-order valence-corrected chi connectivity index (χ3v) is 2.74. The molecule has 0 saturated carbocycles. The van der Waals surface area contributed by atoms with Crippen LogP contribution in [-0.2, 0) is 0 Å². The third kappa shape index (κ3) is 2.84. The maximum absolute atomic E-state index is 12.0. The molecule has 16 heavy (non-hydrogen) atoms. The van der Waals surface area contributed by atoms with Crippen molar-refractivity contribution in [3.63, 3.8) is 0 Å². The van der Waals surface area contributed by atoms with Crippen LogP contribution in [0.25, 0.3) is 0 Å². The largest absolute Gasteiger partial charge is 0.294 e. The minimum Gasteiger partial charge on any atom is -0.294 e. The summed E-state index contributed by atoms with van der Waals surface area (Å²) in [7, 11) is 0. The zero-order chi connectivity index (χ0) is 11.2. The van der Waals surface area contributed by atoms with E-state index in [9.17, 15) is 4.79 Å². The molecule has 0 saturated heterocycles. The molecule has 0 N–H and O–H groups in total. The van der Waals surface area contributed by atoms with Gasteiger partial charge in [-0.05, 0) is 18.4 Å². The monoisotopic (exact) mass is 210 g/mol. The molecule has 0 amide bonds. The van der Waals surface area contributed by atoms with Crippen LogP contribution < -0.4 is 0 Å². The number of carbonyl (C=O) groups excluding carboxylic acids is 1. The predicted molar refractivity (Wildman–Crippen MR) is 65.0 cm³/mol. The van der Waals surface area contributed by atoms with E-state index in [-0.39, 0.29) is 5.78 Å². The summed E-state index contributed by atoms with van der Waals surface area (Å²) in [5.41, 5.74) is 0.807. The average molecular weight is 210 g/mol. The van der Waals surface area contributed by atoms with Crippen molar-refractivity contribution >= 4 is 5.78 Å².